The Labute approximate surface area is 184 Å². The number of carbonyl (C=O) groups is 1. The minimum absolute atomic E-state index is 0.0783. The molecule has 2 aromatic heterocycles. The lowest BCUT2D eigenvalue weighted by atomic mass is 10.0. The van der Waals surface area contributed by atoms with E-state index in [9.17, 15) is 18.0 Å². The Morgan fingerprint density at radius 1 is 1.19 bits per heavy atom. The van der Waals surface area contributed by atoms with Crippen LogP contribution in [0.3, 0.4) is 0 Å². The summed E-state index contributed by atoms with van der Waals surface area (Å²) >= 11 is 1.45. The molecule has 1 amide bonds. The second kappa shape index (κ2) is 8.52. The molecule has 1 aromatic carbocycles. The Bertz CT molecular complexity index is 1280. The van der Waals surface area contributed by atoms with E-state index in [1.54, 1.807) is 13.8 Å². The van der Waals surface area contributed by atoms with Gasteiger partial charge < -0.3 is 4.98 Å². The Hall–Kier alpha value is -2.56. The monoisotopic (exact) mass is 460 g/mol. The van der Waals surface area contributed by atoms with Gasteiger partial charge in [-0.1, -0.05) is 13.8 Å². The summed E-state index contributed by atoms with van der Waals surface area (Å²) in [5.74, 6) is -0.486. The largest absolute Gasteiger partial charge is 0.322 e. The number of hydrogen-bond acceptors (Lipinski definition) is 6. The van der Waals surface area contributed by atoms with Crippen LogP contribution in [0.15, 0.2) is 34.0 Å². The summed E-state index contributed by atoms with van der Waals surface area (Å²) in [6.45, 7) is 4.22. The third kappa shape index (κ3) is 4.15. The Morgan fingerprint density at radius 2 is 1.94 bits per heavy atom. The third-order valence-corrected chi connectivity index (χ3v) is 8.59. The molecule has 1 aliphatic rings. The van der Waals surface area contributed by atoms with E-state index in [1.165, 1.54) is 44.8 Å². The normalized spacial score (nSPS) is 14.0. The van der Waals surface area contributed by atoms with Gasteiger partial charge in [0, 0.05) is 34.9 Å². The van der Waals surface area contributed by atoms with Crippen LogP contribution < -0.4 is 10.9 Å². The van der Waals surface area contributed by atoms with E-state index >= 15 is 0 Å². The van der Waals surface area contributed by atoms with Crippen molar-refractivity contribution in [1.29, 1.82) is 0 Å². The zero-order valence-electron chi connectivity index (χ0n) is 17.4. The van der Waals surface area contributed by atoms with Crippen molar-refractivity contribution in [3.8, 4) is 0 Å². The number of carbonyl (C=O) groups excluding carboxylic acids is 1. The minimum Gasteiger partial charge on any atom is -0.322 e. The molecule has 0 aliphatic heterocycles. The molecule has 10 heteroatoms. The van der Waals surface area contributed by atoms with E-state index in [0.717, 1.165) is 31.4 Å². The summed E-state index contributed by atoms with van der Waals surface area (Å²) < 4.78 is 27.2. The topological polar surface area (TPSA) is 112 Å². The van der Waals surface area contributed by atoms with E-state index < -0.39 is 21.5 Å². The van der Waals surface area contributed by atoms with Crippen molar-refractivity contribution in [2.45, 2.75) is 44.4 Å². The first-order valence-electron chi connectivity index (χ1n) is 10.3. The summed E-state index contributed by atoms with van der Waals surface area (Å²) in [4.78, 5) is 33.6. The zero-order chi connectivity index (χ0) is 22.2. The summed E-state index contributed by atoms with van der Waals surface area (Å²) in [5.41, 5.74) is 1.10. The standard InChI is InChI=1S/C21H24N4O4S2/c1-3-25(4-2)31(28,29)13-9-10-16-14(11-13)15(12-19(26)22-16)20(27)24-21-23-17-7-5-6-8-18(17)30-21/h9-12H,3-8H2,1-2H3,(H,22,26)(H,23,24,27). The Morgan fingerprint density at radius 3 is 2.65 bits per heavy atom. The molecule has 0 radical (unpaired) electrons. The fraction of sp³-hybridized carbons (Fsp3) is 0.381. The van der Waals surface area contributed by atoms with Gasteiger partial charge in [-0.25, -0.2) is 13.4 Å². The maximum Gasteiger partial charge on any atom is 0.258 e. The first-order chi connectivity index (χ1) is 14.8. The van der Waals surface area contributed by atoms with Gasteiger partial charge in [0.1, 0.15) is 0 Å². The van der Waals surface area contributed by atoms with E-state index in [0.29, 0.717) is 29.1 Å². The summed E-state index contributed by atoms with van der Waals surface area (Å²) in [5, 5.41) is 3.66. The number of thiazole rings is 1. The number of H-pyrrole nitrogens is 1. The summed E-state index contributed by atoms with van der Waals surface area (Å²) in [6.07, 6.45) is 4.07. The predicted molar refractivity (Wildman–Crippen MR) is 121 cm³/mol. The molecule has 0 saturated heterocycles. The van der Waals surface area contributed by atoms with E-state index in [4.69, 9.17) is 0 Å². The maximum atomic E-state index is 13.0. The molecule has 3 aromatic rings. The molecule has 164 valence electrons. The smallest absolute Gasteiger partial charge is 0.258 e. The number of fused-ring (bicyclic) bond motifs is 2. The lowest BCUT2D eigenvalue weighted by molar-refractivity contribution is 0.102. The molecule has 2 heterocycles. The second-order valence-corrected chi connectivity index (χ2v) is 10.4. The van der Waals surface area contributed by atoms with Crippen LogP contribution >= 0.6 is 11.3 Å². The molecular formula is C21H24N4O4S2. The number of anilines is 1. The average molecular weight is 461 g/mol. The van der Waals surface area contributed by atoms with Crippen molar-refractivity contribution in [3.63, 3.8) is 0 Å². The highest BCUT2D eigenvalue weighted by Gasteiger charge is 2.24. The number of benzene rings is 1. The molecule has 0 fully saturated rings. The highest BCUT2D eigenvalue weighted by atomic mass is 32.2. The molecule has 1 aliphatic carbocycles. The number of hydrogen-bond donors (Lipinski definition) is 2. The molecule has 31 heavy (non-hydrogen) atoms. The highest BCUT2D eigenvalue weighted by Crippen LogP contribution is 2.30. The van der Waals surface area contributed by atoms with E-state index in [1.807, 2.05) is 0 Å². The molecule has 2 N–H and O–H groups in total. The van der Waals surface area contributed by atoms with Crippen molar-refractivity contribution in [2.24, 2.45) is 0 Å². The molecule has 4 rings (SSSR count). The summed E-state index contributed by atoms with van der Waals surface area (Å²) in [6, 6.07) is 5.61. The number of amides is 1. The number of sulfonamides is 1. The quantitative estimate of drug-likeness (QED) is 0.587. The van der Waals surface area contributed by atoms with Crippen LogP contribution in [-0.2, 0) is 22.9 Å². The highest BCUT2D eigenvalue weighted by molar-refractivity contribution is 7.89. The van der Waals surface area contributed by atoms with E-state index in [2.05, 4.69) is 15.3 Å². The van der Waals surface area contributed by atoms with Gasteiger partial charge in [0.05, 0.1) is 16.2 Å². The van der Waals surface area contributed by atoms with Gasteiger partial charge >= 0.3 is 0 Å². The predicted octanol–water partition coefficient (Wildman–Crippen LogP) is 3.15. The second-order valence-electron chi connectivity index (χ2n) is 7.39. The van der Waals surface area contributed by atoms with Crippen molar-refractivity contribution in [2.75, 3.05) is 18.4 Å². The van der Waals surface area contributed by atoms with Gasteiger partial charge in [0.15, 0.2) is 5.13 Å². The molecule has 8 nitrogen and oxygen atoms in total. The number of nitrogens with zero attached hydrogens (tertiary/aromatic N) is 2. The van der Waals surface area contributed by atoms with Gasteiger partial charge in [-0.2, -0.15) is 4.31 Å². The lowest BCUT2D eigenvalue weighted by Gasteiger charge is -2.19. The van der Waals surface area contributed by atoms with Gasteiger partial charge in [-0.05, 0) is 43.9 Å². The fourth-order valence-electron chi connectivity index (χ4n) is 3.86. The third-order valence-electron chi connectivity index (χ3n) is 5.47. The number of rotatable bonds is 6. The van der Waals surface area contributed by atoms with Crippen LogP contribution in [0.5, 0.6) is 0 Å². The van der Waals surface area contributed by atoms with Crippen molar-refractivity contribution in [3.05, 3.63) is 50.8 Å². The van der Waals surface area contributed by atoms with Crippen LogP contribution in [0.4, 0.5) is 5.13 Å². The van der Waals surface area contributed by atoms with Gasteiger partial charge in [0.2, 0.25) is 15.6 Å². The Kier molecular flexibility index (Phi) is 5.96. The minimum atomic E-state index is -3.71. The van der Waals surface area contributed by atoms with Crippen molar-refractivity contribution in [1.82, 2.24) is 14.3 Å². The van der Waals surface area contributed by atoms with Crippen LogP contribution in [-0.4, -0.2) is 41.7 Å². The lowest BCUT2D eigenvalue weighted by Crippen LogP contribution is -2.30. The molecule has 0 unspecified atom stereocenters. The number of aromatic nitrogens is 2. The zero-order valence-corrected chi connectivity index (χ0v) is 19.0. The molecule has 0 spiro atoms. The van der Waals surface area contributed by atoms with Crippen LogP contribution in [0.2, 0.25) is 0 Å². The van der Waals surface area contributed by atoms with Crippen LogP contribution in [0, 0.1) is 0 Å². The van der Waals surface area contributed by atoms with Gasteiger partial charge in [-0.15, -0.1) is 11.3 Å². The number of nitrogens with one attached hydrogen (secondary N) is 2. The number of aryl methyl sites for hydroxylation is 2. The number of pyridine rings is 1. The molecule has 0 atom stereocenters. The molecular weight excluding hydrogens is 436 g/mol. The first-order valence-corrected chi connectivity index (χ1v) is 12.6. The van der Waals surface area contributed by atoms with Gasteiger partial charge in [0.25, 0.3) is 5.91 Å². The fourth-order valence-corrected chi connectivity index (χ4v) is 6.39. The molecule has 0 bridgehead atoms. The average Bonchev–Trinajstić information content (AvgIpc) is 3.15. The van der Waals surface area contributed by atoms with Crippen molar-refractivity contribution >= 4 is 43.3 Å². The van der Waals surface area contributed by atoms with Crippen molar-refractivity contribution < 1.29 is 13.2 Å². The summed E-state index contributed by atoms with van der Waals surface area (Å²) in [7, 11) is -3.71. The molecule has 0 saturated carbocycles. The first kappa shape index (κ1) is 21.7. The number of aromatic amines is 1. The SMILES string of the molecule is CCN(CC)S(=O)(=O)c1ccc2[nH]c(=O)cc(C(=O)Nc3nc4c(s3)CCCC4)c2c1. The van der Waals surface area contributed by atoms with Gasteiger partial charge in [-0.3, -0.25) is 14.9 Å². The van der Waals surface area contributed by atoms with E-state index in [-0.39, 0.29) is 10.5 Å². The van der Waals surface area contributed by atoms with Crippen LogP contribution in [0.25, 0.3) is 10.9 Å². The van der Waals surface area contributed by atoms with Crippen LogP contribution in [0.1, 0.15) is 47.6 Å². The maximum absolute atomic E-state index is 13.0. The Balaban J connectivity index is 1.75.